The molecule has 0 heterocycles. The average Bonchev–Trinajstić information content (AvgIpc) is 2.46. The molecule has 0 aliphatic rings. The molecule has 1 unspecified atom stereocenters. The van der Waals surface area contributed by atoms with Gasteiger partial charge in [0.1, 0.15) is 0 Å². The quantitative estimate of drug-likeness (QED) is 0.768. The molecule has 1 rings (SSSR count). The van der Waals surface area contributed by atoms with Gasteiger partial charge in [-0.3, -0.25) is 4.79 Å². The van der Waals surface area contributed by atoms with Crippen molar-refractivity contribution in [1.29, 1.82) is 0 Å². The van der Waals surface area contributed by atoms with Gasteiger partial charge in [0.05, 0.1) is 12.1 Å². The molecule has 0 aromatic heterocycles. The van der Waals surface area contributed by atoms with Crippen molar-refractivity contribution < 1.29 is 14.3 Å². The van der Waals surface area contributed by atoms with E-state index in [-0.39, 0.29) is 18.4 Å². The first-order valence-electron chi connectivity index (χ1n) is 7.28. The Morgan fingerprint density at radius 1 is 1.29 bits per heavy atom. The van der Waals surface area contributed by atoms with Crippen molar-refractivity contribution in [2.75, 3.05) is 19.8 Å². The molecule has 118 valence electrons. The van der Waals surface area contributed by atoms with Crippen LogP contribution in [-0.4, -0.2) is 31.2 Å². The maximum Gasteiger partial charge on any atom is 0.258 e. The maximum atomic E-state index is 12.0. The van der Waals surface area contributed by atoms with Crippen molar-refractivity contribution in [1.82, 2.24) is 5.32 Å². The summed E-state index contributed by atoms with van der Waals surface area (Å²) in [7, 11) is 0. The Morgan fingerprint density at radius 2 is 1.86 bits per heavy atom. The van der Waals surface area contributed by atoms with E-state index in [0.717, 1.165) is 0 Å². The van der Waals surface area contributed by atoms with Gasteiger partial charge in [-0.05, 0) is 31.9 Å². The first kappa shape index (κ1) is 17.3. The first-order valence-corrected chi connectivity index (χ1v) is 7.28. The third-order valence-electron chi connectivity index (χ3n) is 3.63. The predicted octanol–water partition coefficient (Wildman–Crippen LogP) is 1.95. The van der Waals surface area contributed by atoms with Crippen LogP contribution in [0.15, 0.2) is 24.3 Å². The van der Waals surface area contributed by atoms with Crippen LogP contribution in [0.4, 0.5) is 0 Å². The van der Waals surface area contributed by atoms with E-state index in [0.29, 0.717) is 24.7 Å². The van der Waals surface area contributed by atoms with Gasteiger partial charge in [0.15, 0.2) is 18.1 Å². The molecule has 5 heteroatoms. The van der Waals surface area contributed by atoms with E-state index < -0.39 is 5.54 Å². The van der Waals surface area contributed by atoms with E-state index in [4.69, 9.17) is 15.2 Å². The summed E-state index contributed by atoms with van der Waals surface area (Å²) >= 11 is 0. The van der Waals surface area contributed by atoms with Crippen LogP contribution in [0.5, 0.6) is 11.5 Å². The molecule has 3 N–H and O–H groups in total. The topological polar surface area (TPSA) is 73.6 Å². The maximum absolute atomic E-state index is 12.0. The average molecular weight is 294 g/mol. The number of ether oxygens (including phenoxy) is 2. The summed E-state index contributed by atoms with van der Waals surface area (Å²) in [6.07, 6.45) is 0. The Kier molecular flexibility index (Phi) is 6.49. The fourth-order valence-corrected chi connectivity index (χ4v) is 1.77. The van der Waals surface area contributed by atoms with E-state index in [9.17, 15) is 4.79 Å². The third-order valence-corrected chi connectivity index (χ3v) is 3.63. The van der Waals surface area contributed by atoms with Crippen molar-refractivity contribution >= 4 is 5.91 Å². The van der Waals surface area contributed by atoms with Crippen LogP contribution in [0.1, 0.15) is 27.7 Å². The van der Waals surface area contributed by atoms with Gasteiger partial charge in [0.2, 0.25) is 0 Å². The highest BCUT2D eigenvalue weighted by molar-refractivity contribution is 5.78. The highest BCUT2D eigenvalue weighted by Crippen LogP contribution is 2.26. The molecular formula is C16H26N2O3. The molecule has 1 aromatic carbocycles. The molecule has 0 aliphatic carbocycles. The fourth-order valence-electron chi connectivity index (χ4n) is 1.77. The third kappa shape index (κ3) is 4.93. The Bertz CT molecular complexity index is 463. The zero-order valence-corrected chi connectivity index (χ0v) is 13.3. The second-order valence-electron chi connectivity index (χ2n) is 5.49. The number of nitrogens with one attached hydrogen (secondary N) is 1. The van der Waals surface area contributed by atoms with Gasteiger partial charge >= 0.3 is 0 Å². The Labute approximate surface area is 126 Å². The number of para-hydroxylation sites is 2. The minimum absolute atomic E-state index is 0.0631. The SMILES string of the molecule is CCOc1ccccc1OCC(=O)NC(C)(CN)C(C)C. The zero-order chi connectivity index (χ0) is 15.9. The van der Waals surface area contributed by atoms with Crippen LogP contribution in [0, 0.1) is 5.92 Å². The number of carbonyl (C=O) groups is 1. The summed E-state index contributed by atoms with van der Waals surface area (Å²) in [4.78, 5) is 12.0. The van der Waals surface area contributed by atoms with Crippen LogP contribution >= 0.6 is 0 Å². The van der Waals surface area contributed by atoms with E-state index in [1.54, 1.807) is 6.07 Å². The van der Waals surface area contributed by atoms with Crippen LogP contribution in [-0.2, 0) is 4.79 Å². The lowest BCUT2D eigenvalue weighted by molar-refractivity contribution is -0.125. The molecule has 0 aliphatic heterocycles. The molecule has 21 heavy (non-hydrogen) atoms. The number of nitrogens with two attached hydrogens (primary N) is 1. The summed E-state index contributed by atoms with van der Waals surface area (Å²) in [5.74, 6) is 1.25. The van der Waals surface area contributed by atoms with Gasteiger partial charge in [-0.25, -0.2) is 0 Å². The number of hydrogen-bond acceptors (Lipinski definition) is 4. The highest BCUT2D eigenvalue weighted by atomic mass is 16.5. The van der Waals surface area contributed by atoms with Gasteiger partial charge < -0.3 is 20.5 Å². The number of amides is 1. The minimum atomic E-state index is -0.431. The van der Waals surface area contributed by atoms with Gasteiger partial charge in [-0.2, -0.15) is 0 Å². The lowest BCUT2D eigenvalue weighted by Gasteiger charge is -2.33. The summed E-state index contributed by atoms with van der Waals surface area (Å²) in [6, 6.07) is 7.30. The lowest BCUT2D eigenvalue weighted by Crippen LogP contribution is -2.56. The van der Waals surface area contributed by atoms with Crippen molar-refractivity contribution in [2.45, 2.75) is 33.2 Å². The number of carbonyl (C=O) groups excluding carboxylic acids is 1. The largest absolute Gasteiger partial charge is 0.490 e. The molecule has 0 saturated carbocycles. The molecular weight excluding hydrogens is 268 g/mol. The lowest BCUT2D eigenvalue weighted by atomic mass is 9.88. The standard InChI is InChI=1S/C16H26N2O3/c1-5-20-13-8-6-7-9-14(13)21-10-15(19)18-16(4,11-17)12(2)3/h6-9,12H,5,10-11,17H2,1-4H3,(H,18,19). The molecule has 5 nitrogen and oxygen atoms in total. The molecule has 1 aromatic rings. The molecule has 0 saturated heterocycles. The van der Waals surface area contributed by atoms with E-state index in [1.165, 1.54) is 0 Å². The molecule has 0 spiro atoms. The van der Waals surface area contributed by atoms with Crippen molar-refractivity contribution in [3.05, 3.63) is 24.3 Å². The Balaban J connectivity index is 2.61. The second kappa shape index (κ2) is 7.88. The second-order valence-corrected chi connectivity index (χ2v) is 5.49. The van der Waals surface area contributed by atoms with Crippen molar-refractivity contribution in [3.8, 4) is 11.5 Å². The Morgan fingerprint density at radius 3 is 2.33 bits per heavy atom. The number of hydrogen-bond donors (Lipinski definition) is 2. The molecule has 0 fully saturated rings. The zero-order valence-electron chi connectivity index (χ0n) is 13.3. The summed E-state index contributed by atoms with van der Waals surface area (Å²) in [6.45, 7) is 8.75. The number of rotatable bonds is 8. The minimum Gasteiger partial charge on any atom is -0.490 e. The first-order chi connectivity index (χ1) is 9.92. The van der Waals surface area contributed by atoms with E-state index in [2.05, 4.69) is 5.32 Å². The highest BCUT2D eigenvalue weighted by Gasteiger charge is 2.28. The Hall–Kier alpha value is -1.75. The normalized spacial score (nSPS) is 13.6. The van der Waals surface area contributed by atoms with Crippen molar-refractivity contribution in [3.63, 3.8) is 0 Å². The smallest absolute Gasteiger partial charge is 0.258 e. The van der Waals surface area contributed by atoms with Gasteiger partial charge in [0.25, 0.3) is 5.91 Å². The summed E-state index contributed by atoms with van der Waals surface area (Å²) in [5.41, 5.74) is 5.32. The van der Waals surface area contributed by atoms with Crippen LogP contribution in [0.25, 0.3) is 0 Å². The van der Waals surface area contributed by atoms with Gasteiger partial charge in [0, 0.05) is 6.54 Å². The van der Waals surface area contributed by atoms with Crippen LogP contribution < -0.4 is 20.5 Å². The molecule has 0 bridgehead atoms. The van der Waals surface area contributed by atoms with E-state index >= 15 is 0 Å². The monoisotopic (exact) mass is 294 g/mol. The van der Waals surface area contributed by atoms with Gasteiger partial charge in [-0.1, -0.05) is 26.0 Å². The predicted molar refractivity (Wildman–Crippen MR) is 83.5 cm³/mol. The van der Waals surface area contributed by atoms with Gasteiger partial charge in [-0.15, -0.1) is 0 Å². The number of benzene rings is 1. The molecule has 0 radical (unpaired) electrons. The molecule has 1 atom stereocenters. The van der Waals surface area contributed by atoms with Crippen molar-refractivity contribution in [2.24, 2.45) is 11.7 Å². The fraction of sp³-hybridized carbons (Fsp3) is 0.562. The van der Waals surface area contributed by atoms with E-state index in [1.807, 2.05) is 45.9 Å². The molecule has 1 amide bonds. The summed E-state index contributed by atoms with van der Waals surface area (Å²) in [5, 5.41) is 2.93. The summed E-state index contributed by atoms with van der Waals surface area (Å²) < 4.78 is 11.0. The van der Waals surface area contributed by atoms with Crippen LogP contribution in [0.2, 0.25) is 0 Å². The van der Waals surface area contributed by atoms with Crippen LogP contribution in [0.3, 0.4) is 0 Å².